The van der Waals surface area contributed by atoms with Crippen molar-refractivity contribution in [2.75, 3.05) is 42.9 Å². The minimum Gasteiger partial charge on any atom is -0.508 e. The molecule has 1 saturated heterocycles. The van der Waals surface area contributed by atoms with Crippen molar-refractivity contribution in [2.24, 2.45) is 0 Å². The molecule has 0 bridgehead atoms. The van der Waals surface area contributed by atoms with Crippen LogP contribution in [0.3, 0.4) is 0 Å². The lowest BCUT2D eigenvalue weighted by Crippen LogP contribution is -2.48. The largest absolute Gasteiger partial charge is 0.508 e. The number of phenolic OH excluding ortho intramolecular Hbond substituents is 1. The number of para-hydroxylation sites is 1. The van der Waals surface area contributed by atoms with Crippen molar-refractivity contribution in [1.82, 2.24) is 14.7 Å². The van der Waals surface area contributed by atoms with Crippen LogP contribution in [0, 0.1) is 0 Å². The van der Waals surface area contributed by atoms with Gasteiger partial charge in [0.25, 0.3) is 0 Å². The van der Waals surface area contributed by atoms with Crippen LogP contribution < -0.4 is 10.2 Å². The fourth-order valence-corrected chi connectivity index (χ4v) is 4.05. The number of carbonyl (C=O) groups excluding carboxylic acids is 1. The molecule has 1 saturated carbocycles. The van der Waals surface area contributed by atoms with Gasteiger partial charge < -0.3 is 15.3 Å². The van der Waals surface area contributed by atoms with Gasteiger partial charge in [0.05, 0.1) is 17.9 Å². The molecule has 2 N–H and O–H groups in total. The summed E-state index contributed by atoms with van der Waals surface area (Å²) in [4.78, 5) is 17.3. The standard InChI is InChI=1S/C24H27N5O2/c30-21-10-8-19(9-11-21)28-14-12-27(13-15-28)17-24(31)25-23-16-22(18-6-7-18)26-29(23)20-4-2-1-3-5-20/h1-5,8-11,16,18,30H,6-7,12-15,17H2,(H,25,31). The second-order valence-electron chi connectivity index (χ2n) is 8.30. The number of hydrogen-bond donors (Lipinski definition) is 2. The van der Waals surface area contributed by atoms with E-state index in [4.69, 9.17) is 5.10 Å². The minimum atomic E-state index is -0.0162. The quantitative estimate of drug-likeness (QED) is 0.644. The molecule has 31 heavy (non-hydrogen) atoms. The lowest BCUT2D eigenvalue weighted by atomic mass is 10.2. The van der Waals surface area contributed by atoms with Gasteiger partial charge in [-0.25, -0.2) is 4.68 Å². The van der Waals surface area contributed by atoms with Crippen LogP contribution in [0.2, 0.25) is 0 Å². The van der Waals surface area contributed by atoms with Gasteiger partial charge in [-0.05, 0) is 49.2 Å². The van der Waals surface area contributed by atoms with Gasteiger partial charge in [-0.3, -0.25) is 9.69 Å². The Morgan fingerprint density at radius 1 is 0.968 bits per heavy atom. The Balaban J connectivity index is 1.21. The number of anilines is 2. The Kier molecular flexibility index (Phi) is 5.34. The lowest BCUT2D eigenvalue weighted by Gasteiger charge is -2.35. The Hall–Kier alpha value is -3.32. The molecule has 0 unspecified atom stereocenters. The third-order valence-corrected chi connectivity index (χ3v) is 5.95. The van der Waals surface area contributed by atoms with E-state index in [0.29, 0.717) is 12.5 Å². The summed E-state index contributed by atoms with van der Waals surface area (Å²) in [5, 5.41) is 17.3. The topological polar surface area (TPSA) is 73.6 Å². The van der Waals surface area contributed by atoms with E-state index in [1.807, 2.05) is 53.2 Å². The second kappa shape index (κ2) is 8.43. The summed E-state index contributed by atoms with van der Waals surface area (Å²) in [6.45, 7) is 3.71. The Bertz CT molecular complexity index is 1040. The molecule has 3 aromatic rings. The number of aromatic nitrogens is 2. The van der Waals surface area contributed by atoms with Crippen molar-refractivity contribution in [3.63, 3.8) is 0 Å². The zero-order valence-corrected chi connectivity index (χ0v) is 17.4. The van der Waals surface area contributed by atoms with Crippen molar-refractivity contribution in [3.8, 4) is 11.4 Å². The van der Waals surface area contributed by atoms with Gasteiger partial charge in [-0.2, -0.15) is 5.10 Å². The number of phenols is 1. The third-order valence-electron chi connectivity index (χ3n) is 5.95. The van der Waals surface area contributed by atoms with E-state index in [-0.39, 0.29) is 11.7 Å². The molecule has 5 rings (SSSR count). The minimum absolute atomic E-state index is 0.0162. The zero-order valence-electron chi connectivity index (χ0n) is 17.4. The van der Waals surface area contributed by atoms with Crippen molar-refractivity contribution in [3.05, 3.63) is 66.4 Å². The van der Waals surface area contributed by atoms with Crippen LogP contribution in [0.1, 0.15) is 24.5 Å². The molecule has 0 spiro atoms. The maximum atomic E-state index is 12.8. The summed E-state index contributed by atoms with van der Waals surface area (Å²) in [6, 6.07) is 19.2. The normalized spacial score (nSPS) is 17.0. The highest BCUT2D eigenvalue weighted by Crippen LogP contribution is 2.40. The maximum Gasteiger partial charge on any atom is 0.239 e. The Labute approximate surface area is 181 Å². The van der Waals surface area contributed by atoms with Gasteiger partial charge >= 0.3 is 0 Å². The first-order valence-corrected chi connectivity index (χ1v) is 10.9. The lowest BCUT2D eigenvalue weighted by molar-refractivity contribution is -0.117. The highest BCUT2D eigenvalue weighted by molar-refractivity contribution is 5.91. The number of hydrogen-bond acceptors (Lipinski definition) is 5. The first kappa shape index (κ1) is 19.6. The SMILES string of the molecule is O=C(CN1CCN(c2ccc(O)cc2)CC1)Nc1cc(C2CC2)nn1-c1ccccc1. The van der Waals surface area contributed by atoms with Crippen molar-refractivity contribution >= 4 is 17.4 Å². The molecule has 7 heteroatoms. The Morgan fingerprint density at radius 2 is 1.68 bits per heavy atom. The second-order valence-corrected chi connectivity index (χ2v) is 8.30. The highest BCUT2D eigenvalue weighted by Gasteiger charge is 2.28. The van der Waals surface area contributed by atoms with Gasteiger partial charge in [-0.1, -0.05) is 18.2 Å². The molecule has 1 aliphatic heterocycles. The van der Waals surface area contributed by atoms with Crippen LogP contribution in [0.15, 0.2) is 60.7 Å². The molecule has 0 radical (unpaired) electrons. The van der Waals surface area contributed by atoms with Crippen LogP contribution >= 0.6 is 0 Å². The molecule has 2 aromatic carbocycles. The van der Waals surface area contributed by atoms with Crippen LogP contribution in [-0.2, 0) is 4.79 Å². The molecule has 7 nitrogen and oxygen atoms in total. The number of piperazine rings is 1. The first-order chi connectivity index (χ1) is 15.2. The molecule has 1 amide bonds. The van der Waals surface area contributed by atoms with E-state index in [0.717, 1.165) is 49.1 Å². The maximum absolute atomic E-state index is 12.8. The van der Waals surface area contributed by atoms with E-state index in [9.17, 15) is 9.90 Å². The summed E-state index contributed by atoms with van der Waals surface area (Å²) in [6.07, 6.45) is 2.34. The van der Waals surface area contributed by atoms with E-state index >= 15 is 0 Å². The predicted molar refractivity (Wildman–Crippen MR) is 121 cm³/mol. The van der Waals surface area contributed by atoms with E-state index in [2.05, 4.69) is 15.1 Å². The van der Waals surface area contributed by atoms with E-state index in [1.54, 1.807) is 12.1 Å². The van der Waals surface area contributed by atoms with Crippen molar-refractivity contribution < 1.29 is 9.90 Å². The average molecular weight is 418 g/mol. The molecule has 1 aliphatic carbocycles. The smallest absolute Gasteiger partial charge is 0.239 e. The molecular weight excluding hydrogens is 390 g/mol. The predicted octanol–water partition coefficient (Wildman–Crippen LogP) is 3.22. The number of rotatable bonds is 6. The number of nitrogens with zero attached hydrogens (tertiary/aromatic N) is 4. The third kappa shape index (κ3) is 4.56. The average Bonchev–Trinajstić information content (AvgIpc) is 3.56. The van der Waals surface area contributed by atoms with Crippen LogP contribution in [0.25, 0.3) is 5.69 Å². The summed E-state index contributed by atoms with van der Waals surface area (Å²) >= 11 is 0. The molecule has 1 aromatic heterocycles. The summed E-state index contributed by atoms with van der Waals surface area (Å²) in [5.41, 5.74) is 3.11. The van der Waals surface area contributed by atoms with Gasteiger partial charge in [-0.15, -0.1) is 0 Å². The monoisotopic (exact) mass is 417 g/mol. The molecule has 0 atom stereocenters. The zero-order chi connectivity index (χ0) is 21.2. The number of aromatic hydroxyl groups is 1. The van der Waals surface area contributed by atoms with Gasteiger partial charge in [0.15, 0.2) is 0 Å². The fraction of sp³-hybridized carbons (Fsp3) is 0.333. The van der Waals surface area contributed by atoms with Crippen molar-refractivity contribution in [2.45, 2.75) is 18.8 Å². The van der Waals surface area contributed by atoms with Crippen LogP contribution in [-0.4, -0.2) is 58.4 Å². The van der Waals surface area contributed by atoms with E-state index in [1.165, 1.54) is 12.8 Å². The first-order valence-electron chi connectivity index (χ1n) is 10.9. The molecule has 2 fully saturated rings. The molecule has 160 valence electrons. The van der Waals surface area contributed by atoms with Crippen LogP contribution in [0.4, 0.5) is 11.5 Å². The number of benzene rings is 2. The molecule has 2 heterocycles. The van der Waals surface area contributed by atoms with E-state index < -0.39 is 0 Å². The highest BCUT2D eigenvalue weighted by atomic mass is 16.3. The fourth-order valence-electron chi connectivity index (χ4n) is 4.05. The molecular formula is C24H27N5O2. The molecule has 2 aliphatic rings. The number of nitrogens with one attached hydrogen (secondary N) is 1. The summed E-state index contributed by atoms with van der Waals surface area (Å²) in [7, 11) is 0. The van der Waals surface area contributed by atoms with Gasteiger partial charge in [0, 0.05) is 43.9 Å². The summed E-state index contributed by atoms with van der Waals surface area (Å²) in [5.74, 6) is 1.52. The number of amides is 1. The van der Waals surface area contributed by atoms with Crippen molar-refractivity contribution in [1.29, 1.82) is 0 Å². The Morgan fingerprint density at radius 3 is 2.35 bits per heavy atom. The van der Waals surface area contributed by atoms with Gasteiger partial charge in [0.2, 0.25) is 5.91 Å². The van der Waals surface area contributed by atoms with Gasteiger partial charge in [0.1, 0.15) is 11.6 Å². The summed E-state index contributed by atoms with van der Waals surface area (Å²) < 4.78 is 1.84. The number of carbonyl (C=O) groups is 1. The van der Waals surface area contributed by atoms with Crippen LogP contribution in [0.5, 0.6) is 5.75 Å².